The third-order valence-corrected chi connectivity index (χ3v) is 6.06. The quantitative estimate of drug-likeness (QED) is 0.639. The van der Waals surface area contributed by atoms with Crippen LogP contribution in [0.2, 0.25) is 0 Å². The lowest BCUT2D eigenvalue weighted by molar-refractivity contribution is -0.135. The number of benzene rings is 2. The van der Waals surface area contributed by atoms with Crippen molar-refractivity contribution >= 4 is 11.8 Å². The van der Waals surface area contributed by atoms with E-state index < -0.39 is 0 Å². The van der Waals surface area contributed by atoms with Gasteiger partial charge in [0.2, 0.25) is 11.8 Å². The molecule has 0 aliphatic carbocycles. The molecule has 1 unspecified atom stereocenters. The van der Waals surface area contributed by atoms with Gasteiger partial charge in [0.1, 0.15) is 0 Å². The summed E-state index contributed by atoms with van der Waals surface area (Å²) in [6.45, 7) is 5.28. The number of nitrogens with zero attached hydrogens (tertiary/aromatic N) is 2. The zero-order chi connectivity index (χ0) is 22.5. The Bertz CT molecular complexity index is 1100. The standard InChI is InChI=1S/C27H29N3O2/c1-19-16-20(2)23-13-15-30(27(24(23)17-19)21-8-4-3-5-9-21)26(32)12-11-25(31)29-18-22-10-6-7-14-28-22/h3-10,14,16-17,27H,11-13,15,18H2,1-2H3,(H,29,31). The number of nitrogens with one attached hydrogen (secondary N) is 1. The summed E-state index contributed by atoms with van der Waals surface area (Å²) in [5.41, 5.74) is 6.92. The summed E-state index contributed by atoms with van der Waals surface area (Å²) in [4.78, 5) is 31.8. The number of rotatable bonds is 6. The Morgan fingerprint density at radius 2 is 1.81 bits per heavy atom. The highest BCUT2D eigenvalue weighted by Gasteiger charge is 2.32. The summed E-state index contributed by atoms with van der Waals surface area (Å²) < 4.78 is 0. The van der Waals surface area contributed by atoms with Gasteiger partial charge in [0.15, 0.2) is 0 Å². The lowest BCUT2D eigenvalue weighted by atomic mass is 9.84. The van der Waals surface area contributed by atoms with Crippen LogP contribution in [-0.2, 0) is 22.6 Å². The van der Waals surface area contributed by atoms with E-state index in [2.05, 4.69) is 48.4 Å². The van der Waals surface area contributed by atoms with Gasteiger partial charge >= 0.3 is 0 Å². The smallest absolute Gasteiger partial charge is 0.223 e. The molecule has 1 aromatic heterocycles. The average molecular weight is 428 g/mol. The molecule has 0 bridgehead atoms. The SMILES string of the molecule is Cc1cc(C)c2c(c1)C(c1ccccc1)N(C(=O)CCC(=O)NCc1ccccn1)CC2. The fourth-order valence-corrected chi connectivity index (χ4v) is 4.55. The molecule has 1 atom stereocenters. The van der Waals surface area contributed by atoms with E-state index in [1.54, 1.807) is 6.20 Å². The van der Waals surface area contributed by atoms with Crippen molar-refractivity contribution in [3.05, 3.63) is 100 Å². The highest BCUT2D eigenvalue weighted by atomic mass is 16.2. The summed E-state index contributed by atoms with van der Waals surface area (Å²) in [6, 6.07) is 20.1. The zero-order valence-corrected chi connectivity index (χ0v) is 18.7. The molecule has 2 heterocycles. The fraction of sp³-hybridized carbons (Fsp3) is 0.296. The van der Waals surface area contributed by atoms with Crippen LogP contribution in [-0.4, -0.2) is 28.2 Å². The van der Waals surface area contributed by atoms with Crippen LogP contribution in [0.4, 0.5) is 0 Å². The van der Waals surface area contributed by atoms with E-state index in [0.29, 0.717) is 13.1 Å². The molecule has 164 valence electrons. The molecular formula is C27H29N3O2. The van der Waals surface area contributed by atoms with Crippen molar-refractivity contribution in [2.45, 2.75) is 45.7 Å². The van der Waals surface area contributed by atoms with Crippen LogP contribution in [0, 0.1) is 13.8 Å². The highest BCUT2D eigenvalue weighted by molar-refractivity contribution is 5.84. The Balaban J connectivity index is 1.48. The number of aryl methyl sites for hydroxylation is 2. The minimum Gasteiger partial charge on any atom is -0.350 e. The molecule has 1 N–H and O–H groups in total. The molecule has 5 heteroatoms. The monoisotopic (exact) mass is 427 g/mol. The maximum atomic E-state index is 13.3. The molecule has 1 aliphatic rings. The van der Waals surface area contributed by atoms with Crippen molar-refractivity contribution in [3.8, 4) is 0 Å². The van der Waals surface area contributed by atoms with E-state index in [0.717, 1.165) is 17.7 Å². The van der Waals surface area contributed by atoms with Gasteiger partial charge in [-0.05, 0) is 54.7 Å². The Morgan fingerprint density at radius 3 is 2.56 bits per heavy atom. The third kappa shape index (κ3) is 4.88. The predicted molar refractivity (Wildman–Crippen MR) is 125 cm³/mol. The molecule has 2 amide bonds. The molecule has 0 saturated carbocycles. The second-order valence-electron chi connectivity index (χ2n) is 8.40. The number of amides is 2. The number of hydrogen-bond acceptors (Lipinski definition) is 3. The number of carbonyl (C=O) groups excluding carboxylic acids is 2. The highest BCUT2D eigenvalue weighted by Crippen LogP contribution is 2.37. The van der Waals surface area contributed by atoms with Crippen molar-refractivity contribution in [3.63, 3.8) is 0 Å². The van der Waals surface area contributed by atoms with Gasteiger partial charge in [0.25, 0.3) is 0 Å². The van der Waals surface area contributed by atoms with E-state index in [4.69, 9.17) is 0 Å². The molecular weight excluding hydrogens is 398 g/mol. The predicted octanol–water partition coefficient (Wildman–Crippen LogP) is 4.27. The summed E-state index contributed by atoms with van der Waals surface area (Å²) in [5.74, 6) is -0.124. The first-order valence-corrected chi connectivity index (χ1v) is 11.1. The van der Waals surface area contributed by atoms with Crippen molar-refractivity contribution in [2.75, 3.05) is 6.54 Å². The van der Waals surface area contributed by atoms with Crippen LogP contribution in [0.3, 0.4) is 0 Å². The molecule has 32 heavy (non-hydrogen) atoms. The molecule has 0 spiro atoms. The average Bonchev–Trinajstić information content (AvgIpc) is 2.81. The van der Waals surface area contributed by atoms with Gasteiger partial charge in [0, 0.05) is 25.6 Å². The molecule has 0 saturated heterocycles. The van der Waals surface area contributed by atoms with Gasteiger partial charge in [-0.1, -0.05) is 54.1 Å². The second kappa shape index (κ2) is 9.77. The normalized spacial score (nSPS) is 15.2. The number of aromatic nitrogens is 1. The zero-order valence-electron chi connectivity index (χ0n) is 18.7. The second-order valence-corrected chi connectivity index (χ2v) is 8.40. The molecule has 1 aliphatic heterocycles. The molecule has 0 fully saturated rings. The lowest BCUT2D eigenvalue weighted by Gasteiger charge is -2.39. The number of pyridine rings is 1. The van der Waals surface area contributed by atoms with E-state index in [9.17, 15) is 9.59 Å². The topological polar surface area (TPSA) is 62.3 Å². The molecule has 2 aromatic carbocycles. The van der Waals surface area contributed by atoms with Crippen molar-refractivity contribution < 1.29 is 9.59 Å². The number of hydrogen-bond donors (Lipinski definition) is 1. The van der Waals surface area contributed by atoms with Crippen LogP contribution in [0.15, 0.2) is 66.9 Å². The Labute approximate surface area is 189 Å². The fourth-order valence-electron chi connectivity index (χ4n) is 4.55. The van der Waals surface area contributed by atoms with Crippen molar-refractivity contribution in [2.24, 2.45) is 0 Å². The van der Waals surface area contributed by atoms with Gasteiger partial charge in [-0.3, -0.25) is 14.6 Å². The van der Waals surface area contributed by atoms with Gasteiger partial charge in [-0.2, -0.15) is 0 Å². The van der Waals surface area contributed by atoms with Crippen LogP contribution in [0.1, 0.15) is 52.4 Å². The minimum atomic E-state index is -0.135. The summed E-state index contributed by atoms with van der Waals surface area (Å²) in [6.07, 6.45) is 2.90. The van der Waals surface area contributed by atoms with Gasteiger partial charge in [-0.15, -0.1) is 0 Å². The van der Waals surface area contributed by atoms with E-state index >= 15 is 0 Å². The van der Waals surface area contributed by atoms with Crippen molar-refractivity contribution in [1.29, 1.82) is 0 Å². The Hall–Kier alpha value is -3.47. The summed E-state index contributed by atoms with van der Waals surface area (Å²) in [5, 5.41) is 2.86. The Kier molecular flexibility index (Phi) is 6.64. The first-order valence-electron chi connectivity index (χ1n) is 11.1. The van der Waals surface area contributed by atoms with Crippen LogP contribution in [0.5, 0.6) is 0 Å². The van der Waals surface area contributed by atoms with E-state index in [1.807, 2.05) is 41.3 Å². The summed E-state index contributed by atoms with van der Waals surface area (Å²) >= 11 is 0. The number of carbonyl (C=O) groups is 2. The molecule has 0 radical (unpaired) electrons. The van der Waals surface area contributed by atoms with Crippen LogP contribution < -0.4 is 5.32 Å². The van der Waals surface area contributed by atoms with Crippen LogP contribution in [0.25, 0.3) is 0 Å². The van der Waals surface area contributed by atoms with Gasteiger partial charge in [-0.25, -0.2) is 0 Å². The summed E-state index contributed by atoms with van der Waals surface area (Å²) in [7, 11) is 0. The largest absolute Gasteiger partial charge is 0.350 e. The first-order chi connectivity index (χ1) is 15.5. The first kappa shape index (κ1) is 21.8. The van der Waals surface area contributed by atoms with E-state index in [-0.39, 0.29) is 30.7 Å². The van der Waals surface area contributed by atoms with E-state index in [1.165, 1.54) is 22.3 Å². The molecule has 5 nitrogen and oxygen atoms in total. The van der Waals surface area contributed by atoms with Gasteiger partial charge < -0.3 is 10.2 Å². The number of fused-ring (bicyclic) bond motifs is 1. The lowest BCUT2D eigenvalue weighted by Crippen LogP contribution is -2.41. The maximum absolute atomic E-state index is 13.3. The third-order valence-electron chi connectivity index (χ3n) is 6.06. The Morgan fingerprint density at radius 1 is 1.03 bits per heavy atom. The van der Waals surface area contributed by atoms with Crippen molar-refractivity contribution in [1.82, 2.24) is 15.2 Å². The molecule has 4 rings (SSSR count). The van der Waals surface area contributed by atoms with Crippen LogP contribution >= 0.6 is 0 Å². The maximum Gasteiger partial charge on any atom is 0.223 e. The minimum absolute atomic E-state index is 0.0108. The van der Waals surface area contributed by atoms with Gasteiger partial charge in [0.05, 0.1) is 18.3 Å². The molecule has 3 aromatic rings.